The van der Waals surface area contributed by atoms with Crippen LogP contribution in [0.4, 0.5) is 23.7 Å². The molecule has 152 valence electrons. The maximum Gasteiger partial charge on any atom is 0.517 e. The van der Waals surface area contributed by atoms with Gasteiger partial charge in [-0.15, -0.1) is 11.3 Å². The van der Waals surface area contributed by atoms with Crippen LogP contribution in [0.15, 0.2) is 5.38 Å². The van der Waals surface area contributed by atoms with Gasteiger partial charge in [-0.05, 0) is 37.6 Å². The summed E-state index contributed by atoms with van der Waals surface area (Å²) in [7, 11) is -6.02. The summed E-state index contributed by atoms with van der Waals surface area (Å²) in [4.78, 5) is 25.8. The summed E-state index contributed by atoms with van der Waals surface area (Å²) in [6.45, 7) is 2.79. The number of nitrogens with zero attached hydrogens (tertiary/aromatic N) is 2. The lowest BCUT2D eigenvalue weighted by Crippen LogP contribution is -2.45. The number of ether oxygens (including phenoxy) is 1. The number of halogens is 3. The van der Waals surface area contributed by atoms with E-state index in [0.717, 1.165) is 24.2 Å². The minimum Gasteiger partial charge on any atom is -0.449 e. The number of alkyl halides is 3. The monoisotopic (exact) mass is 428 g/mol. The van der Waals surface area contributed by atoms with Gasteiger partial charge in [0, 0.05) is 17.8 Å². The fourth-order valence-electron chi connectivity index (χ4n) is 2.67. The molecule has 1 saturated heterocycles. The molecule has 0 N–H and O–H groups in total. The molecule has 1 aliphatic rings. The number of carbonyl (C=O) groups is 2. The van der Waals surface area contributed by atoms with Crippen molar-refractivity contribution in [1.82, 2.24) is 4.90 Å². The number of likely N-dealkylation sites (tertiary alicyclic amines) is 1. The van der Waals surface area contributed by atoms with Crippen LogP contribution in [-0.4, -0.2) is 44.0 Å². The molecule has 0 unspecified atom stereocenters. The zero-order valence-electron chi connectivity index (χ0n) is 14.7. The Bertz CT molecular complexity index is 820. The first kappa shape index (κ1) is 21.5. The number of hydrogen-bond donors (Lipinski definition) is 0. The van der Waals surface area contributed by atoms with Crippen LogP contribution in [0.3, 0.4) is 0 Å². The van der Waals surface area contributed by atoms with E-state index < -0.39 is 27.3 Å². The molecule has 0 atom stereocenters. The molecular weight excluding hydrogens is 409 g/mol. The smallest absolute Gasteiger partial charge is 0.449 e. The first-order valence-electron chi connectivity index (χ1n) is 8.13. The molecule has 2 amide bonds. The van der Waals surface area contributed by atoms with Crippen molar-refractivity contribution in [3.8, 4) is 0 Å². The van der Waals surface area contributed by atoms with Crippen molar-refractivity contribution in [3.05, 3.63) is 15.8 Å². The summed E-state index contributed by atoms with van der Waals surface area (Å²) in [6.07, 6.45) is 0.154. The second-order valence-electron chi connectivity index (χ2n) is 5.88. The highest BCUT2D eigenvalue weighted by atomic mass is 32.2. The molecule has 1 fully saturated rings. The Balaban J connectivity index is 2.51. The highest BCUT2D eigenvalue weighted by Gasteiger charge is 2.54. The number of carbonyl (C=O) groups excluding carboxylic acids is 2. The van der Waals surface area contributed by atoms with Gasteiger partial charge in [0.15, 0.2) is 0 Å². The summed E-state index contributed by atoms with van der Waals surface area (Å²) >= 11 is 0.987. The van der Waals surface area contributed by atoms with E-state index in [1.54, 1.807) is 0 Å². The third kappa shape index (κ3) is 4.37. The number of rotatable bonds is 5. The molecule has 0 bridgehead atoms. The van der Waals surface area contributed by atoms with Crippen molar-refractivity contribution in [2.75, 3.05) is 17.5 Å². The second-order valence-corrected chi connectivity index (χ2v) is 8.62. The van der Waals surface area contributed by atoms with Crippen LogP contribution in [0, 0.1) is 6.92 Å². The van der Waals surface area contributed by atoms with Crippen molar-refractivity contribution in [1.29, 1.82) is 0 Å². The molecule has 0 spiro atoms. The second kappa shape index (κ2) is 8.05. The highest BCUT2D eigenvalue weighted by molar-refractivity contribution is 7.94. The molecule has 0 saturated carbocycles. The van der Waals surface area contributed by atoms with E-state index in [1.165, 1.54) is 24.1 Å². The van der Waals surface area contributed by atoms with E-state index in [2.05, 4.69) is 4.74 Å². The van der Waals surface area contributed by atoms with E-state index in [0.29, 0.717) is 13.0 Å². The van der Waals surface area contributed by atoms with Crippen LogP contribution in [0.5, 0.6) is 0 Å². The van der Waals surface area contributed by atoms with Crippen molar-refractivity contribution in [2.24, 2.45) is 0 Å². The molecule has 7 nitrogen and oxygen atoms in total. The van der Waals surface area contributed by atoms with Gasteiger partial charge in [-0.1, -0.05) is 0 Å². The normalized spacial score (nSPS) is 15.7. The van der Waals surface area contributed by atoms with Crippen LogP contribution < -0.4 is 4.31 Å². The molecule has 0 aliphatic carbocycles. The zero-order valence-corrected chi connectivity index (χ0v) is 16.3. The van der Waals surface area contributed by atoms with Crippen LogP contribution in [-0.2, 0) is 26.1 Å². The number of amides is 2. The summed E-state index contributed by atoms with van der Waals surface area (Å²) in [5, 5.41) is 1.44. The fourth-order valence-corrected chi connectivity index (χ4v) is 4.71. The average molecular weight is 428 g/mol. The third-order valence-electron chi connectivity index (χ3n) is 3.94. The quantitative estimate of drug-likeness (QED) is 0.718. The Kier molecular flexibility index (Phi) is 6.40. The maximum absolute atomic E-state index is 13.2. The van der Waals surface area contributed by atoms with E-state index in [-0.39, 0.29) is 33.8 Å². The number of hydrogen-bond acceptors (Lipinski definition) is 6. The Hall–Kier alpha value is -1.82. The lowest BCUT2D eigenvalue weighted by molar-refractivity contribution is -0.133. The summed E-state index contributed by atoms with van der Waals surface area (Å²) in [5.74, 6) is -0.167. The lowest BCUT2D eigenvalue weighted by Gasteiger charge is -2.28. The molecule has 12 heteroatoms. The Labute approximate surface area is 158 Å². The van der Waals surface area contributed by atoms with Gasteiger partial charge in [-0.3, -0.25) is 4.79 Å². The Morgan fingerprint density at radius 3 is 2.59 bits per heavy atom. The van der Waals surface area contributed by atoms with Crippen molar-refractivity contribution in [3.63, 3.8) is 0 Å². The molecule has 0 radical (unpaired) electrons. The van der Waals surface area contributed by atoms with Crippen molar-refractivity contribution in [2.45, 2.75) is 45.2 Å². The number of thiophene rings is 1. The average Bonchev–Trinajstić information content (AvgIpc) is 2.90. The van der Waals surface area contributed by atoms with Crippen molar-refractivity contribution >= 4 is 39.0 Å². The predicted molar refractivity (Wildman–Crippen MR) is 92.8 cm³/mol. The molecular formula is C15H19F3N2O5S2. The zero-order chi connectivity index (χ0) is 20.4. The Morgan fingerprint density at radius 1 is 1.37 bits per heavy atom. The SMILES string of the molecule is CCOC(=O)N(c1c(C)csc1CN1CCCCC1=O)S(=O)(=O)C(F)(F)F. The van der Waals surface area contributed by atoms with Crippen LogP contribution in [0.25, 0.3) is 0 Å². The minimum absolute atomic E-state index is 0.0735. The van der Waals surface area contributed by atoms with Gasteiger partial charge < -0.3 is 9.64 Å². The van der Waals surface area contributed by atoms with Gasteiger partial charge in [-0.25, -0.2) is 4.79 Å². The molecule has 1 aromatic rings. The summed E-state index contributed by atoms with van der Waals surface area (Å²) < 4.78 is 67.8. The van der Waals surface area contributed by atoms with Crippen molar-refractivity contribution < 1.29 is 35.9 Å². The van der Waals surface area contributed by atoms with Gasteiger partial charge in [-0.2, -0.15) is 25.9 Å². The van der Waals surface area contributed by atoms with Crippen LogP contribution in [0.1, 0.15) is 36.6 Å². The van der Waals surface area contributed by atoms with Crippen LogP contribution in [0.2, 0.25) is 0 Å². The molecule has 27 heavy (non-hydrogen) atoms. The van der Waals surface area contributed by atoms with E-state index in [1.807, 2.05) is 0 Å². The standard InChI is InChI=1S/C15H19F3N2O5S2/c1-3-25-14(22)20(27(23,24)15(16,17)18)13-10(2)9-26-11(13)8-19-7-5-4-6-12(19)21/h9H,3-8H2,1-2H3. The van der Waals surface area contributed by atoms with Gasteiger partial charge in [0.2, 0.25) is 5.91 Å². The van der Waals surface area contributed by atoms with E-state index >= 15 is 0 Å². The maximum atomic E-state index is 13.2. The largest absolute Gasteiger partial charge is 0.517 e. The first-order valence-corrected chi connectivity index (χ1v) is 10.5. The Morgan fingerprint density at radius 2 is 2.04 bits per heavy atom. The van der Waals surface area contributed by atoms with E-state index in [4.69, 9.17) is 0 Å². The summed E-state index contributed by atoms with van der Waals surface area (Å²) in [6, 6.07) is 0. The minimum atomic E-state index is -6.02. The molecule has 0 aromatic carbocycles. The first-order chi connectivity index (χ1) is 12.5. The number of anilines is 1. The third-order valence-corrected chi connectivity index (χ3v) is 6.42. The molecule has 1 aliphatic heterocycles. The molecule has 1 aromatic heterocycles. The highest BCUT2D eigenvalue weighted by Crippen LogP contribution is 2.39. The molecule has 2 heterocycles. The lowest BCUT2D eigenvalue weighted by atomic mass is 10.1. The van der Waals surface area contributed by atoms with Gasteiger partial charge in [0.25, 0.3) is 0 Å². The number of aryl methyl sites for hydroxylation is 1. The number of sulfonamides is 1. The topological polar surface area (TPSA) is 84.0 Å². The molecule has 2 rings (SSSR count). The van der Waals surface area contributed by atoms with Gasteiger partial charge >= 0.3 is 21.6 Å². The predicted octanol–water partition coefficient (Wildman–Crippen LogP) is 3.38. The summed E-state index contributed by atoms with van der Waals surface area (Å²) in [5.41, 5.74) is -5.93. The van der Waals surface area contributed by atoms with Crippen LogP contribution >= 0.6 is 11.3 Å². The number of piperidine rings is 1. The fraction of sp³-hybridized carbons (Fsp3) is 0.600. The van der Waals surface area contributed by atoms with Gasteiger partial charge in [0.1, 0.15) is 0 Å². The van der Waals surface area contributed by atoms with Gasteiger partial charge in [0.05, 0.1) is 18.8 Å². The van der Waals surface area contributed by atoms with E-state index in [9.17, 15) is 31.2 Å².